The molecule has 0 radical (unpaired) electrons. The number of para-hydroxylation sites is 1. The number of anilines is 1. The summed E-state index contributed by atoms with van der Waals surface area (Å²) in [6.07, 6.45) is -4.55. The third-order valence-corrected chi connectivity index (χ3v) is 2.52. The Morgan fingerprint density at radius 3 is 2.45 bits per heavy atom. The molecule has 0 unspecified atom stereocenters. The highest BCUT2D eigenvalue weighted by Crippen LogP contribution is 2.33. The van der Waals surface area contributed by atoms with Gasteiger partial charge in [0.2, 0.25) is 0 Å². The largest absolute Gasteiger partial charge is 0.477 e. The molecular formula is C11H11F3N2O4. The number of halogens is 3. The molecule has 0 aliphatic carbocycles. The molecule has 0 atom stereocenters. The standard InChI is InChI=1S/C11H11F3N2O4/c1-2-15(6-11(12,13)14)8-5-3-4-7(10(17)18)9(8)16(19)20/h3-5H,2,6H2,1H3,(H,17,18). The molecule has 0 saturated heterocycles. The summed E-state index contributed by atoms with van der Waals surface area (Å²) in [5, 5.41) is 19.8. The number of benzene rings is 1. The quantitative estimate of drug-likeness (QED) is 0.666. The van der Waals surface area contributed by atoms with E-state index in [9.17, 15) is 28.1 Å². The van der Waals surface area contributed by atoms with Gasteiger partial charge in [-0.25, -0.2) is 4.79 Å². The Bertz CT molecular complexity index is 531. The number of hydrogen-bond donors (Lipinski definition) is 1. The number of carboxylic acid groups (broad SMARTS) is 1. The molecule has 9 heteroatoms. The second-order valence-corrected chi connectivity index (χ2v) is 3.86. The van der Waals surface area contributed by atoms with Crippen LogP contribution >= 0.6 is 0 Å². The van der Waals surface area contributed by atoms with E-state index in [0.717, 1.165) is 12.1 Å². The van der Waals surface area contributed by atoms with Crippen molar-refractivity contribution in [3.05, 3.63) is 33.9 Å². The highest BCUT2D eigenvalue weighted by Gasteiger charge is 2.34. The first-order valence-electron chi connectivity index (χ1n) is 5.49. The van der Waals surface area contributed by atoms with Crippen LogP contribution in [-0.2, 0) is 0 Å². The molecule has 0 amide bonds. The molecule has 0 bridgehead atoms. The average Bonchev–Trinajstić information content (AvgIpc) is 2.33. The third-order valence-electron chi connectivity index (χ3n) is 2.52. The summed E-state index contributed by atoms with van der Waals surface area (Å²) in [6, 6.07) is 3.25. The van der Waals surface area contributed by atoms with Gasteiger partial charge in [-0.2, -0.15) is 13.2 Å². The van der Waals surface area contributed by atoms with Gasteiger partial charge in [-0.1, -0.05) is 6.07 Å². The molecule has 0 spiro atoms. The number of hydrogen-bond acceptors (Lipinski definition) is 4. The lowest BCUT2D eigenvalue weighted by molar-refractivity contribution is -0.384. The smallest absolute Gasteiger partial charge is 0.405 e. The molecule has 0 fully saturated rings. The highest BCUT2D eigenvalue weighted by atomic mass is 19.4. The topological polar surface area (TPSA) is 83.7 Å². The zero-order chi connectivity index (χ0) is 15.5. The molecule has 20 heavy (non-hydrogen) atoms. The van der Waals surface area contributed by atoms with Crippen molar-refractivity contribution < 1.29 is 28.0 Å². The van der Waals surface area contributed by atoms with Crippen LogP contribution in [0.2, 0.25) is 0 Å². The summed E-state index contributed by atoms with van der Waals surface area (Å²) in [6.45, 7) is -0.153. The van der Waals surface area contributed by atoms with Crippen molar-refractivity contribution in [1.82, 2.24) is 0 Å². The molecule has 0 saturated carbocycles. The Morgan fingerprint density at radius 2 is 2.05 bits per heavy atom. The number of carbonyl (C=O) groups is 1. The second-order valence-electron chi connectivity index (χ2n) is 3.86. The van der Waals surface area contributed by atoms with Crippen LogP contribution in [0.15, 0.2) is 18.2 Å². The van der Waals surface area contributed by atoms with Crippen LogP contribution in [-0.4, -0.2) is 35.3 Å². The summed E-state index contributed by atoms with van der Waals surface area (Å²) < 4.78 is 37.3. The summed E-state index contributed by atoms with van der Waals surface area (Å²) in [5.41, 5.74) is -1.85. The molecule has 110 valence electrons. The average molecular weight is 292 g/mol. The maximum absolute atomic E-state index is 12.4. The van der Waals surface area contributed by atoms with Crippen LogP contribution < -0.4 is 4.90 Å². The number of carboxylic acids is 1. The summed E-state index contributed by atoms with van der Waals surface area (Å²) in [4.78, 5) is 21.6. The SMILES string of the molecule is CCN(CC(F)(F)F)c1cccc(C(=O)O)c1[N+](=O)[O-]. The number of aromatic carboxylic acids is 1. The molecule has 6 nitrogen and oxygen atoms in total. The molecule has 0 aliphatic rings. The minimum atomic E-state index is -4.55. The van der Waals surface area contributed by atoms with Crippen molar-refractivity contribution in [2.45, 2.75) is 13.1 Å². The zero-order valence-corrected chi connectivity index (χ0v) is 10.3. The van der Waals surface area contributed by atoms with E-state index in [1.807, 2.05) is 0 Å². The van der Waals surface area contributed by atoms with Gasteiger partial charge in [0.1, 0.15) is 17.8 Å². The fraction of sp³-hybridized carbons (Fsp3) is 0.364. The Labute approximate surface area is 111 Å². The first-order valence-corrected chi connectivity index (χ1v) is 5.49. The van der Waals surface area contributed by atoms with E-state index in [1.54, 1.807) is 0 Å². The molecule has 1 aromatic rings. The van der Waals surface area contributed by atoms with Gasteiger partial charge in [-0.15, -0.1) is 0 Å². The van der Waals surface area contributed by atoms with Gasteiger partial charge in [0.15, 0.2) is 0 Å². The van der Waals surface area contributed by atoms with E-state index in [0.29, 0.717) is 4.90 Å². The van der Waals surface area contributed by atoms with Gasteiger partial charge in [0.25, 0.3) is 0 Å². The molecule has 1 aromatic carbocycles. The Balaban J connectivity index is 3.39. The van der Waals surface area contributed by atoms with Gasteiger partial charge in [-0.05, 0) is 19.1 Å². The van der Waals surface area contributed by atoms with Gasteiger partial charge in [0, 0.05) is 6.54 Å². The Kier molecular flexibility index (Phi) is 4.53. The predicted molar refractivity (Wildman–Crippen MR) is 64.0 cm³/mol. The van der Waals surface area contributed by atoms with Crippen molar-refractivity contribution >= 4 is 17.3 Å². The molecule has 0 aliphatic heterocycles. The van der Waals surface area contributed by atoms with E-state index < -0.39 is 34.9 Å². The number of rotatable bonds is 5. The minimum absolute atomic E-state index is 0.149. The minimum Gasteiger partial charge on any atom is -0.477 e. The zero-order valence-electron chi connectivity index (χ0n) is 10.3. The Morgan fingerprint density at radius 1 is 1.45 bits per heavy atom. The third kappa shape index (κ3) is 3.59. The van der Waals surface area contributed by atoms with Crippen LogP contribution in [0.25, 0.3) is 0 Å². The first-order chi connectivity index (χ1) is 9.17. The van der Waals surface area contributed by atoms with Crippen LogP contribution in [0, 0.1) is 10.1 Å². The van der Waals surface area contributed by atoms with Crippen molar-refractivity contribution in [2.75, 3.05) is 18.0 Å². The van der Waals surface area contributed by atoms with E-state index >= 15 is 0 Å². The van der Waals surface area contributed by atoms with Crippen molar-refractivity contribution in [2.24, 2.45) is 0 Å². The van der Waals surface area contributed by atoms with E-state index in [-0.39, 0.29) is 12.2 Å². The van der Waals surface area contributed by atoms with Crippen LogP contribution in [0.5, 0.6) is 0 Å². The molecule has 1 N–H and O–H groups in total. The lowest BCUT2D eigenvalue weighted by Crippen LogP contribution is -2.34. The highest BCUT2D eigenvalue weighted by molar-refractivity contribution is 5.95. The van der Waals surface area contributed by atoms with E-state index in [4.69, 9.17) is 5.11 Å². The van der Waals surface area contributed by atoms with Crippen LogP contribution in [0.3, 0.4) is 0 Å². The molecule has 1 rings (SSSR count). The lowest BCUT2D eigenvalue weighted by atomic mass is 10.1. The van der Waals surface area contributed by atoms with Crippen LogP contribution in [0.1, 0.15) is 17.3 Å². The molecule has 0 heterocycles. The maximum atomic E-state index is 12.4. The molecule has 0 aromatic heterocycles. The van der Waals surface area contributed by atoms with Gasteiger partial charge >= 0.3 is 17.8 Å². The summed E-state index contributed by atoms with van der Waals surface area (Å²) in [7, 11) is 0. The van der Waals surface area contributed by atoms with Crippen molar-refractivity contribution in [3.63, 3.8) is 0 Å². The maximum Gasteiger partial charge on any atom is 0.405 e. The number of alkyl halides is 3. The number of nitro groups is 1. The normalized spacial score (nSPS) is 11.2. The van der Waals surface area contributed by atoms with Gasteiger partial charge in [0.05, 0.1) is 4.92 Å². The summed E-state index contributed by atoms with van der Waals surface area (Å²) in [5.74, 6) is -1.57. The predicted octanol–water partition coefficient (Wildman–Crippen LogP) is 2.68. The monoisotopic (exact) mass is 292 g/mol. The van der Waals surface area contributed by atoms with E-state index in [2.05, 4.69) is 0 Å². The van der Waals surface area contributed by atoms with Gasteiger partial charge < -0.3 is 10.0 Å². The Hall–Kier alpha value is -2.32. The summed E-state index contributed by atoms with van der Waals surface area (Å²) >= 11 is 0. The van der Waals surface area contributed by atoms with Crippen LogP contribution in [0.4, 0.5) is 24.5 Å². The van der Waals surface area contributed by atoms with E-state index in [1.165, 1.54) is 13.0 Å². The number of nitrogens with zero attached hydrogens (tertiary/aromatic N) is 2. The van der Waals surface area contributed by atoms with Crippen molar-refractivity contribution in [1.29, 1.82) is 0 Å². The number of nitro benzene ring substituents is 1. The molecular weight excluding hydrogens is 281 g/mol. The van der Waals surface area contributed by atoms with Crippen molar-refractivity contribution in [3.8, 4) is 0 Å². The first kappa shape index (κ1) is 15.7. The lowest BCUT2D eigenvalue weighted by Gasteiger charge is -2.24. The van der Waals surface area contributed by atoms with Gasteiger partial charge in [-0.3, -0.25) is 10.1 Å². The second kappa shape index (κ2) is 5.76. The fourth-order valence-corrected chi connectivity index (χ4v) is 1.73. The fourth-order valence-electron chi connectivity index (χ4n) is 1.73.